The van der Waals surface area contributed by atoms with E-state index in [0.717, 1.165) is 0 Å². The molecule has 0 heterocycles. The molecule has 0 aliphatic carbocycles. The number of amides is 2. The Kier molecular flexibility index (Phi) is 5.36. The van der Waals surface area contributed by atoms with E-state index in [4.69, 9.17) is 0 Å². The van der Waals surface area contributed by atoms with Crippen LogP contribution >= 0.6 is 12.2 Å². The van der Waals surface area contributed by atoms with Crippen LogP contribution in [0.25, 0.3) is 0 Å². The highest BCUT2D eigenvalue weighted by molar-refractivity contribution is 7.93. The third kappa shape index (κ3) is 5.53. The fourth-order valence-corrected chi connectivity index (χ4v) is 0.657. The number of nitrogens with one attached hydrogen (secondary N) is 2. The van der Waals surface area contributed by atoms with Crippen molar-refractivity contribution in [1.29, 1.82) is 0 Å². The zero-order chi connectivity index (χ0) is 8.69. The summed E-state index contributed by atoms with van der Waals surface area (Å²) in [4.78, 5) is 20.9. The summed E-state index contributed by atoms with van der Waals surface area (Å²) in [6.07, 6.45) is -0.226. The van der Waals surface area contributed by atoms with Gasteiger partial charge < -0.3 is 9.50 Å². The van der Waals surface area contributed by atoms with Crippen molar-refractivity contribution in [1.82, 2.24) is 10.0 Å². The Morgan fingerprint density at radius 3 is 2.64 bits per heavy atom. The van der Waals surface area contributed by atoms with E-state index < -0.39 is 6.09 Å². The number of hydrogen-bond acceptors (Lipinski definition) is 4. The molecular formula is C5H10N2O3S. The Hall–Kier alpha value is -0.910. The van der Waals surface area contributed by atoms with Gasteiger partial charge in [0.2, 0.25) is 5.91 Å². The second-order valence-corrected chi connectivity index (χ2v) is 2.12. The lowest BCUT2D eigenvalue weighted by Crippen LogP contribution is -2.20. The van der Waals surface area contributed by atoms with Gasteiger partial charge in [0.15, 0.2) is 12.2 Å². The van der Waals surface area contributed by atoms with E-state index in [2.05, 4.69) is 14.2 Å². The van der Waals surface area contributed by atoms with E-state index in [1.165, 1.54) is 7.05 Å². The van der Waals surface area contributed by atoms with Gasteiger partial charge >= 0.3 is 6.09 Å². The SMILES string of the molecule is CCC(=O)NSOC(=O)NC. The Morgan fingerprint density at radius 2 is 2.18 bits per heavy atom. The van der Waals surface area contributed by atoms with Gasteiger partial charge in [-0.25, -0.2) is 4.79 Å². The molecule has 0 saturated carbocycles. The summed E-state index contributed by atoms with van der Waals surface area (Å²) < 4.78 is 6.69. The van der Waals surface area contributed by atoms with Gasteiger partial charge in [0.05, 0.1) is 0 Å². The molecule has 0 aromatic carbocycles. The highest BCUT2D eigenvalue weighted by Gasteiger charge is 2.00. The van der Waals surface area contributed by atoms with Gasteiger partial charge in [-0.15, -0.1) is 0 Å². The average molecular weight is 178 g/mol. The van der Waals surface area contributed by atoms with E-state index >= 15 is 0 Å². The van der Waals surface area contributed by atoms with Crippen molar-refractivity contribution < 1.29 is 13.8 Å². The number of rotatable bonds is 3. The van der Waals surface area contributed by atoms with Gasteiger partial charge in [0.1, 0.15) is 0 Å². The summed E-state index contributed by atoms with van der Waals surface area (Å²) in [5, 5.41) is 2.22. The summed E-state index contributed by atoms with van der Waals surface area (Å²) >= 11 is 0.607. The van der Waals surface area contributed by atoms with Crippen LogP contribution in [0, 0.1) is 0 Å². The second kappa shape index (κ2) is 5.84. The first kappa shape index (κ1) is 10.1. The largest absolute Gasteiger partial charge is 0.420 e. The quantitative estimate of drug-likeness (QED) is 0.486. The third-order valence-corrected chi connectivity index (χ3v) is 1.34. The summed E-state index contributed by atoms with van der Waals surface area (Å²) in [7, 11) is 1.44. The first-order valence-electron chi connectivity index (χ1n) is 3.04. The molecule has 0 atom stereocenters. The first-order valence-corrected chi connectivity index (χ1v) is 3.79. The fourth-order valence-electron chi connectivity index (χ4n) is 0.219. The highest BCUT2D eigenvalue weighted by Crippen LogP contribution is 1.96. The Bertz CT molecular complexity index is 135. The highest BCUT2D eigenvalue weighted by atomic mass is 32.2. The van der Waals surface area contributed by atoms with Gasteiger partial charge in [-0.1, -0.05) is 6.92 Å². The minimum absolute atomic E-state index is 0.182. The molecule has 2 N–H and O–H groups in total. The molecule has 0 aromatic rings. The number of carbonyl (C=O) groups excluding carboxylic acids is 2. The van der Waals surface area contributed by atoms with Crippen LogP contribution in [-0.4, -0.2) is 19.0 Å². The topological polar surface area (TPSA) is 67.4 Å². The summed E-state index contributed by atoms with van der Waals surface area (Å²) in [6, 6.07) is 0. The molecule has 0 aromatic heterocycles. The molecule has 11 heavy (non-hydrogen) atoms. The molecule has 0 aliphatic heterocycles. The summed E-state index contributed by atoms with van der Waals surface area (Å²) in [6.45, 7) is 1.70. The lowest BCUT2D eigenvalue weighted by Gasteiger charge is -2.00. The monoisotopic (exact) mass is 178 g/mol. The Morgan fingerprint density at radius 1 is 1.55 bits per heavy atom. The standard InChI is InChI=1S/C5H10N2O3S/c1-3-4(8)7-11-10-5(9)6-2/h3H2,1-2H3,(H,6,9)(H,7,8). The molecule has 2 amide bonds. The molecular weight excluding hydrogens is 168 g/mol. The maximum Gasteiger partial charge on any atom is 0.420 e. The van der Waals surface area contributed by atoms with Gasteiger partial charge in [-0.3, -0.25) is 9.52 Å². The van der Waals surface area contributed by atoms with E-state index in [1.54, 1.807) is 6.92 Å². The smallest absolute Gasteiger partial charge is 0.353 e. The van der Waals surface area contributed by atoms with Crippen LogP contribution in [0.4, 0.5) is 4.79 Å². The molecule has 0 aliphatic rings. The van der Waals surface area contributed by atoms with Crippen LogP contribution in [-0.2, 0) is 8.98 Å². The molecule has 0 unspecified atom stereocenters. The zero-order valence-corrected chi connectivity index (χ0v) is 7.16. The molecule has 0 rings (SSSR count). The molecule has 0 bridgehead atoms. The third-order valence-electron chi connectivity index (χ3n) is 0.798. The van der Waals surface area contributed by atoms with Crippen molar-refractivity contribution in [2.45, 2.75) is 13.3 Å². The Labute approximate surface area is 69.2 Å². The van der Waals surface area contributed by atoms with Gasteiger partial charge in [0.25, 0.3) is 0 Å². The van der Waals surface area contributed by atoms with E-state index in [0.29, 0.717) is 18.6 Å². The number of carbonyl (C=O) groups is 2. The number of hydrogen-bond donors (Lipinski definition) is 2. The van der Waals surface area contributed by atoms with E-state index in [1.807, 2.05) is 0 Å². The molecule has 0 saturated heterocycles. The normalized spacial score (nSPS) is 8.55. The predicted molar refractivity (Wildman–Crippen MR) is 41.6 cm³/mol. The van der Waals surface area contributed by atoms with Crippen molar-refractivity contribution in [2.24, 2.45) is 0 Å². The minimum atomic E-state index is -0.591. The molecule has 5 nitrogen and oxygen atoms in total. The van der Waals surface area contributed by atoms with Crippen molar-refractivity contribution in [3.8, 4) is 0 Å². The maximum atomic E-state index is 10.5. The van der Waals surface area contributed by atoms with Crippen molar-refractivity contribution in [3.63, 3.8) is 0 Å². The first-order chi connectivity index (χ1) is 5.20. The lowest BCUT2D eigenvalue weighted by atomic mass is 10.5. The van der Waals surface area contributed by atoms with Gasteiger partial charge in [0, 0.05) is 13.5 Å². The fraction of sp³-hybridized carbons (Fsp3) is 0.600. The van der Waals surface area contributed by atoms with Crippen LogP contribution in [0.5, 0.6) is 0 Å². The van der Waals surface area contributed by atoms with Crippen LogP contribution in [0.3, 0.4) is 0 Å². The lowest BCUT2D eigenvalue weighted by molar-refractivity contribution is -0.118. The second-order valence-electron chi connectivity index (χ2n) is 1.58. The van der Waals surface area contributed by atoms with Crippen LogP contribution in [0.15, 0.2) is 0 Å². The van der Waals surface area contributed by atoms with Crippen LogP contribution in [0.2, 0.25) is 0 Å². The van der Waals surface area contributed by atoms with Crippen LogP contribution < -0.4 is 10.0 Å². The average Bonchev–Trinajstić information content (AvgIpc) is 2.04. The summed E-state index contributed by atoms with van der Waals surface area (Å²) in [5.41, 5.74) is 0. The van der Waals surface area contributed by atoms with E-state index in [9.17, 15) is 9.59 Å². The zero-order valence-electron chi connectivity index (χ0n) is 6.34. The van der Waals surface area contributed by atoms with Crippen molar-refractivity contribution in [3.05, 3.63) is 0 Å². The van der Waals surface area contributed by atoms with Crippen LogP contribution in [0.1, 0.15) is 13.3 Å². The molecule has 0 fully saturated rings. The maximum absolute atomic E-state index is 10.5. The Balaban J connectivity index is 3.27. The van der Waals surface area contributed by atoms with Crippen molar-refractivity contribution in [2.75, 3.05) is 7.05 Å². The summed E-state index contributed by atoms with van der Waals surface area (Å²) in [5.74, 6) is -0.182. The van der Waals surface area contributed by atoms with Gasteiger partial charge in [-0.05, 0) is 0 Å². The molecule has 0 spiro atoms. The molecule has 6 heteroatoms. The molecule has 0 radical (unpaired) electrons. The molecule has 64 valence electrons. The predicted octanol–water partition coefficient (Wildman–Crippen LogP) is 0.432. The van der Waals surface area contributed by atoms with E-state index in [-0.39, 0.29) is 5.91 Å². The van der Waals surface area contributed by atoms with Crippen molar-refractivity contribution >= 4 is 24.2 Å². The minimum Gasteiger partial charge on any atom is -0.353 e. The van der Waals surface area contributed by atoms with Gasteiger partial charge in [-0.2, -0.15) is 0 Å².